The van der Waals surface area contributed by atoms with E-state index in [-0.39, 0.29) is 11.1 Å². The van der Waals surface area contributed by atoms with Crippen LogP contribution in [-0.4, -0.2) is 29.4 Å². The van der Waals surface area contributed by atoms with E-state index in [4.69, 9.17) is 4.74 Å². The maximum absolute atomic E-state index is 13.2. The molecule has 0 fully saturated rings. The van der Waals surface area contributed by atoms with Gasteiger partial charge in [-0.1, -0.05) is 11.8 Å². The smallest absolute Gasteiger partial charge is 0.417 e. The first-order chi connectivity index (χ1) is 13.7. The van der Waals surface area contributed by atoms with Crippen molar-refractivity contribution in [3.8, 4) is 17.6 Å². The number of aromatic hydroxyl groups is 1. The molecule has 0 unspecified atom stereocenters. The van der Waals surface area contributed by atoms with Crippen molar-refractivity contribution in [1.29, 1.82) is 0 Å². The molecule has 0 aliphatic carbocycles. The summed E-state index contributed by atoms with van der Waals surface area (Å²) in [6, 6.07) is 7.25. The van der Waals surface area contributed by atoms with Crippen LogP contribution >= 0.6 is 0 Å². The first-order valence-corrected chi connectivity index (χ1v) is 9.08. The number of benzene rings is 2. The summed E-state index contributed by atoms with van der Waals surface area (Å²) in [7, 11) is 0. The number of hydrogen-bond acceptors (Lipinski definition) is 3. The molecule has 2 aromatic rings. The van der Waals surface area contributed by atoms with Crippen molar-refractivity contribution >= 4 is 5.97 Å². The first-order valence-electron chi connectivity index (χ1n) is 9.08. The lowest BCUT2D eigenvalue weighted by Crippen LogP contribution is -2.07. The third-order valence-corrected chi connectivity index (χ3v) is 4.18. The van der Waals surface area contributed by atoms with Gasteiger partial charge in [0.05, 0.1) is 11.1 Å². The lowest BCUT2D eigenvalue weighted by Gasteiger charge is -2.10. The van der Waals surface area contributed by atoms with E-state index in [2.05, 4.69) is 11.8 Å². The van der Waals surface area contributed by atoms with Gasteiger partial charge in [-0.3, -0.25) is 0 Å². The Labute approximate surface area is 166 Å². The molecule has 0 bridgehead atoms. The second kappa shape index (κ2) is 9.99. The molecule has 4 nitrogen and oxygen atoms in total. The van der Waals surface area contributed by atoms with E-state index in [1.807, 2.05) is 6.92 Å². The third-order valence-electron chi connectivity index (χ3n) is 4.18. The molecule has 7 heteroatoms. The average Bonchev–Trinajstić information content (AvgIpc) is 2.66. The molecule has 0 atom stereocenters. The number of aryl methyl sites for hydroxylation is 1. The largest absolute Gasteiger partial charge is 0.508 e. The molecule has 0 saturated heterocycles. The molecular formula is C22H21F3O4. The van der Waals surface area contributed by atoms with Gasteiger partial charge in [0.1, 0.15) is 5.75 Å². The number of rotatable bonds is 7. The Morgan fingerprint density at radius 2 is 1.76 bits per heavy atom. The van der Waals surface area contributed by atoms with Gasteiger partial charge in [-0.15, -0.1) is 0 Å². The second-order valence-corrected chi connectivity index (χ2v) is 6.31. The standard InChI is InChI=1S/C22H21F3O4/c1-2-29-12-4-3-5-17-13-18(21(27)28)9-7-15(17)6-8-16-10-11-19(26)14-20(16)22(23,24)25/h7,9-11,13-14,26H,2-5,12H2,1H3,(H,27,28). The van der Waals surface area contributed by atoms with Crippen LogP contribution in [0, 0.1) is 11.8 Å². The van der Waals surface area contributed by atoms with Crippen LogP contribution < -0.4 is 0 Å². The molecule has 0 amide bonds. The number of carboxylic acids is 1. The highest BCUT2D eigenvalue weighted by Crippen LogP contribution is 2.33. The zero-order valence-corrected chi connectivity index (χ0v) is 15.8. The van der Waals surface area contributed by atoms with Crippen molar-refractivity contribution in [2.45, 2.75) is 32.4 Å². The van der Waals surface area contributed by atoms with Gasteiger partial charge < -0.3 is 14.9 Å². The number of carboxylic acid groups (broad SMARTS) is 1. The number of alkyl halides is 3. The van der Waals surface area contributed by atoms with Gasteiger partial charge in [-0.2, -0.15) is 13.2 Å². The van der Waals surface area contributed by atoms with Crippen molar-refractivity contribution in [2.24, 2.45) is 0 Å². The van der Waals surface area contributed by atoms with Gasteiger partial charge in [0.15, 0.2) is 0 Å². The molecule has 2 aromatic carbocycles. The molecule has 2 N–H and O–H groups in total. The summed E-state index contributed by atoms with van der Waals surface area (Å²) in [5.74, 6) is 3.65. The van der Waals surface area contributed by atoms with E-state index < -0.39 is 23.5 Å². The van der Waals surface area contributed by atoms with Crippen LogP contribution in [0.15, 0.2) is 36.4 Å². The number of ether oxygens (including phenoxy) is 1. The van der Waals surface area contributed by atoms with Crippen LogP contribution in [-0.2, 0) is 17.3 Å². The summed E-state index contributed by atoms with van der Waals surface area (Å²) in [5.41, 5.74) is -0.0739. The molecule has 0 aliphatic rings. The van der Waals surface area contributed by atoms with E-state index >= 15 is 0 Å². The maximum Gasteiger partial charge on any atom is 0.417 e. The van der Waals surface area contributed by atoms with Crippen molar-refractivity contribution in [3.05, 3.63) is 64.2 Å². The molecule has 29 heavy (non-hydrogen) atoms. The lowest BCUT2D eigenvalue weighted by molar-refractivity contribution is -0.137. The second-order valence-electron chi connectivity index (χ2n) is 6.31. The Morgan fingerprint density at radius 1 is 1.07 bits per heavy atom. The van der Waals surface area contributed by atoms with Crippen LogP contribution in [0.2, 0.25) is 0 Å². The van der Waals surface area contributed by atoms with E-state index in [1.54, 1.807) is 0 Å². The number of unbranched alkanes of at least 4 members (excludes halogenated alkanes) is 1. The molecule has 0 saturated carbocycles. The summed E-state index contributed by atoms with van der Waals surface area (Å²) in [6.07, 6.45) is -2.63. The van der Waals surface area contributed by atoms with Gasteiger partial charge in [-0.05, 0) is 68.1 Å². The number of carbonyl (C=O) groups is 1. The molecule has 154 valence electrons. The molecule has 0 aliphatic heterocycles. The zero-order valence-electron chi connectivity index (χ0n) is 15.8. The fourth-order valence-corrected chi connectivity index (χ4v) is 2.73. The van der Waals surface area contributed by atoms with E-state index in [0.717, 1.165) is 25.0 Å². The van der Waals surface area contributed by atoms with Gasteiger partial charge in [0.2, 0.25) is 0 Å². The number of halogens is 3. The minimum atomic E-state index is -4.65. The van der Waals surface area contributed by atoms with Crippen LogP contribution in [0.3, 0.4) is 0 Å². The predicted molar refractivity (Wildman–Crippen MR) is 102 cm³/mol. The van der Waals surface area contributed by atoms with Gasteiger partial charge in [0.25, 0.3) is 0 Å². The van der Waals surface area contributed by atoms with E-state index in [1.165, 1.54) is 18.2 Å². The normalized spacial score (nSPS) is 11.0. The first kappa shape index (κ1) is 22.3. The zero-order chi connectivity index (χ0) is 21.4. The monoisotopic (exact) mass is 406 g/mol. The fraction of sp³-hybridized carbons (Fsp3) is 0.318. The minimum Gasteiger partial charge on any atom is -0.508 e. The fourth-order valence-electron chi connectivity index (χ4n) is 2.73. The summed E-state index contributed by atoms with van der Waals surface area (Å²) in [4.78, 5) is 11.2. The Balaban J connectivity index is 2.35. The summed E-state index contributed by atoms with van der Waals surface area (Å²) in [6.45, 7) is 3.08. The highest BCUT2D eigenvalue weighted by atomic mass is 19.4. The summed E-state index contributed by atoms with van der Waals surface area (Å²) in [5, 5.41) is 18.6. The molecule has 0 aromatic heterocycles. The SMILES string of the molecule is CCOCCCCc1cc(C(=O)O)ccc1C#Cc1ccc(O)cc1C(F)(F)F. The Bertz CT molecular complexity index is 924. The topological polar surface area (TPSA) is 66.8 Å². The quantitative estimate of drug-likeness (QED) is 0.509. The maximum atomic E-state index is 13.2. The van der Waals surface area contributed by atoms with Crippen molar-refractivity contribution in [2.75, 3.05) is 13.2 Å². The molecular weight excluding hydrogens is 385 g/mol. The van der Waals surface area contributed by atoms with Crippen LogP contribution in [0.4, 0.5) is 13.2 Å². The molecule has 0 radical (unpaired) electrons. The Morgan fingerprint density at radius 3 is 2.41 bits per heavy atom. The van der Waals surface area contributed by atoms with Gasteiger partial charge in [-0.25, -0.2) is 4.79 Å². The Kier molecular flexibility index (Phi) is 7.68. The summed E-state index contributed by atoms with van der Waals surface area (Å²) < 4.78 is 44.8. The highest BCUT2D eigenvalue weighted by molar-refractivity contribution is 5.88. The Hall–Kier alpha value is -2.98. The van der Waals surface area contributed by atoms with Gasteiger partial charge in [0, 0.05) is 24.3 Å². The average molecular weight is 406 g/mol. The highest BCUT2D eigenvalue weighted by Gasteiger charge is 2.33. The lowest BCUT2D eigenvalue weighted by atomic mass is 9.98. The van der Waals surface area contributed by atoms with E-state index in [9.17, 15) is 28.2 Å². The molecule has 2 rings (SSSR count). The summed E-state index contributed by atoms with van der Waals surface area (Å²) >= 11 is 0. The third kappa shape index (κ3) is 6.54. The molecule has 0 spiro atoms. The van der Waals surface area contributed by atoms with Crippen LogP contribution in [0.5, 0.6) is 5.75 Å². The van der Waals surface area contributed by atoms with Crippen molar-refractivity contribution in [1.82, 2.24) is 0 Å². The number of hydrogen-bond donors (Lipinski definition) is 2. The number of aromatic carboxylic acids is 1. The van der Waals surface area contributed by atoms with Crippen LogP contribution in [0.1, 0.15) is 52.4 Å². The van der Waals surface area contributed by atoms with Gasteiger partial charge >= 0.3 is 12.1 Å². The number of phenolic OH excluding ortho intramolecular Hbond substituents is 1. The van der Waals surface area contributed by atoms with E-state index in [0.29, 0.717) is 36.8 Å². The van der Waals surface area contributed by atoms with Crippen LogP contribution in [0.25, 0.3) is 0 Å². The predicted octanol–water partition coefficient (Wildman–Crippen LogP) is 4.87. The minimum absolute atomic E-state index is 0.0935. The van der Waals surface area contributed by atoms with Crippen molar-refractivity contribution in [3.63, 3.8) is 0 Å². The van der Waals surface area contributed by atoms with Crippen molar-refractivity contribution < 1.29 is 32.9 Å². The number of phenols is 1. The molecule has 0 heterocycles.